The molecule has 0 fully saturated rings. The van der Waals surface area contributed by atoms with Gasteiger partial charge >= 0.3 is 17.9 Å². The molecule has 1 N–H and O–H groups in total. The Morgan fingerprint density at radius 2 is 0.613 bits per heavy atom. The fourth-order valence-corrected chi connectivity index (χ4v) is 11.1. The third kappa shape index (κ3) is 75.2. The van der Waals surface area contributed by atoms with E-state index in [0.717, 1.165) is 89.9 Å². The molecule has 2 unspecified atom stereocenters. The fourth-order valence-electron chi connectivity index (χ4n) is 11.1. The number of carboxylic acids is 1. The number of esters is 2. The van der Waals surface area contributed by atoms with Crippen molar-refractivity contribution in [1.29, 1.82) is 0 Å². The molecule has 0 saturated carbocycles. The molecule has 0 saturated heterocycles. The van der Waals surface area contributed by atoms with Gasteiger partial charge in [-0.25, -0.2) is 4.79 Å². The molecule has 0 spiro atoms. The first kappa shape index (κ1) is 89.0. The van der Waals surface area contributed by atoms with E-state index in [4.69, 9.17) is 18.9 Å². The molecule has 93 heavy (non-hydrogen) atoms. The fraction of sp³-hybridized carbons (Fsp3) is 0.750. The van der Waals surface area contributed by atoms with Crippen molar-refractivity contribution in [3.05, 3.63) is 109 Å². The summed E-state index contributed by atoms with van der Waals surface area (Å²) in [4.78, 5) is 37.7. The highest BCUT2D eigenvalue weighted by molar-refractivity contribution is 5.71. The molecular weight excluding hydrogens is 1150 g/mol. The maximum atomic E-state index is 13.0. The Kier molecular flexibility index (Phi) is 70.5. The topological polar surface area (TPSA) is 108 Å². The van der Waals surface area contributed by atoms with Gasteiger partial charge in [0.2, 0.25) is 0 Å². The van der Waals surface area contributed by atoms with Crippen LogP contribution in [0.25, 0.3) is 0 Å². The Hall–Kier alpha value is -4.05. The smallest absolute Gasteiger partial charge is 0.361 e. The van der Waals surface area contributed by atoms with E-state index >= 15 is 0 Å². The summed E-state index contributed by atoms with van der Waals surface area (Å²) in [7, 11) is 5.99. The minimum atomic E-state index is -1.51. The second kappa shape index (κ2) is 73.8. The molecule has 0 aliphatic carbocycles. The first-order valence-corrected chi connectivity index (χ1v) is 39.1. The molecule has 536 valence electrons. The second-order valence-corrected chi connectivity index (χ2v) is 27.3. The molecule has 2 atom stereocenters. The summed E-state index contributed by atoms with van der Waals surface area (Å²) in [5.41, 5.74) is 0. The summed E-state index contributed by atoms with van der Waals surface area (Å²) < 4.78 is 23.0. The van der Waals surface area contributed by atoms with E-state index in [9.17, 15) is 19.5 Å². The molecular formula is C84H148NO8+. The molecule has 0 bridgehead atoms. The lowest BCUT2D eigenvalue weighted by Crippen LogP contribution is -2.40. The van der Waals surface area contributed by atoms with Gasteiger partial charge < -0.3 is 28.5 Å². The lowest BCUT2D eigenvalue weighted by Gasteiger charge is -2.25. The zero-order valence-corrected chi connectivity index (χ0v) is 61.4. The van der Waals surface area contributed by atoms with Crippen molar-refractivity contribution in [3.63, 3.8) is 0 Å². The minimum Gasteiger partial charge on any atom is -0.477 e. The van der Waals surface area contributed by atoms with Gasteiger partial charge in [-0.1, -0.05) is 342 Å². The SMILES string of the molecule is CC/C=C\C/C=C\C/C=C\C/C=C\C/C=C\C/C=C\CCCCCCCCCCCCCCCCCCC(=O)OC(COC(=O)CCCCCCCCCCCCCCCCCCCC/C=C\C/C=C\C/C=C\CCCCCCC)COC(OCC[N+](C)(C)C)C(=O)O. The second-order valence-electron chi connectivity index (χ2n) is 27.3. The molecule has 0 aliphatic rings. The number of carboxylic acid groups (broad SMARTS) is 1. The molecule has 0 aromatic heterocycles. The monoisotopic (exact) mass is 1300 g/mol. The summed E-state index contributed by atoms with van der Waals surface area (Å²) in [5.74, 6) is -1.99. The van der Waals surface area contributed by atoms with Crippen molar-refractivity contribution in [2.75, 3.05) is 47.5 Å². The molecule has 0 rings (SSSR count). The van der Waals surface area contributed by atoms with Crippen LogP contribution >= 0.6 is 0 Å². The Balaban J connectivity index is 4.04. The first-order chi connectivity index (χ1) is 45.6. The predicted molar refractivity (Wildman–Crippen MR) is 401 cm³/mol. The van der Waals surface area contributed by atoms with Crippen LogP contribution in [0.3, 0.4) is 0 Å². The Labute approximate surface area is 575 Å². The highest BCUT2D eigenvalue weighted by Gasteiger charge is 2.25. The van der Waals surface area contributed by atoms with Crippen molar-refractivity contribution < 1.29 is 42.9 Å². The average Bonchev–Trinajstić information content (AvgIpc) is 3.74. The van der Waals surface area contributed by atoms with Crippen LogP contribution in [-0.2, 0) is 33.3 Å². The number of nitrogens with zero attached hydrogens (tertiary/aromatic N) is 1. The number of carbonyl (C=O) groups is 3. The highest BCUT2D eigenvalue weighted by atomic mass is 16.7. The first-order valence-electron chi connectivity index (χ1n) is 39.1. The van der Waals surface area contributed by atoms with Gasteiger partial charge in [0, 0.05) is 12.8 Å². The summed E-state index contributed by atoms with van der Waals surface area (Å²) >= 11 is 0. The summed E-state index contributed by atoms with van der Waals surface area (Å²) in [6, 6.07) is 0. The number of hydrogen-bond acceptors (Lipinski definition) is 7. The van der Waals surface area contributed by atoms with Gasteiger partial charge in [0.25, 0.3) is 6.29 Å². The standard InChI is InChI=1S/C84H147NO8/c1-6-8-10-12-14-16-18-20-22-24-26-28-30-32-34-36-38-40-41-43-45-47-49-51-53-55-57-59-61-63-65-67-69-71-73-75-82(87)93-80(79-92-84(83(88)89)90-77-76-85(3,4)5)78-91-81(86)74-72-70-68-66-64-62-60-58-56-54-52-50-48-46-44-42-39-37-35-33-31-29-27-25-23-21-19-17-15-13-11-9-7-2/h8,10,14,16,19-22,25-28,31-34,38,40,80,84H,6-7,9,11-13,15,17-18,23-24,29-30,35-37,39,41-79H2,1-5H3/p+1/b10-8-,16-14-,21-19-,22-20-,27-25-,28-26-,33-31-,34-32-,40-38-. The van der Waals surface area contributed by atoms with E-state index in [2.05, 4.69) is 123 Å². The Morgan fingerprint density at radius 3 is 0.914 bits per heavy atom. The average molecular weight is 1300 g/mol. The van der Waals surface area contributed by atoms with E-state index in [1.165, 1.54) is 231 Å². The maximum absolute atomic E-state index is 13.0. The number of ether oxygens (including phenoxy) is 4. The Bertz CT molecular complexity index is 1900. The van der Waals surface area contributed by atoms with Crippen LogP contribution in [0.15, 0.2) is 109 Å². The van der Waals surface area contributed by atoms with Gasteiger partial charge in [-0.15, -0.1) is 0 Å². The number of unbranched alkanes of at least 4 members (excludes halogenated alkanes) is 39. The van der Waals surface area contributed by atoms with Crippen LogP contribution in [0.5, 0.6) is 0 Å². The highest BCUT2D eigenvalue weighted by Crippen LogP contribution is 2.18. The van der Waals surface area contributed by atoms with E-state index < -0.39 is 24.3 Å². The third-order valence-electron chi connectivity index (χ3n) is 17.0. The molecule has 0 aromatic carbocycles. The normalized spacial score (nSPS) is 13.3. The van der Waals surface area contributed by atoms with Crippen LogP contribution in [-0.4, -0.2) is 87.4 Å². The van der Waals surface area contributed by atoms with Crippen LogP contribution < -0.4 is 0 Å². The van der Waals surface area contributed by atoms with Crippen molar-refractivity contribution in [1.82, 2.24) is 0 Å². The third-order valence-corrected chi connectivity index (χ3v) is 17.0. The van der Waals surface area contributed by atoms with E-state index in [0.29, 0.717) is 17.4 Å². The van der Waals surface area contributed by atoms with Gasteiger partial charge in [0.1, 0.15) is 13.2 Å². The lowest BCUT2D eigenvalue weighted by molar-refractivity contribution is -0.870. The molecule has 0 aromatic rings. The molecule has 0 aliphatic heterocycles. The van der Waals surface area contributed by atoms with Gasteiger partial charge in [-0.3, -0.25) is 9.59 Å². The summed E-state index contributed by atoms with van der Waals surface area (Å²) in [5, 5.41) is 9.77. The number of carbonyl (C=O) groups excluding carboxylic acids is 2. The zero-order chi connectivity index (χ0) is 67.5. The number of likely N-dealkylation sites (N-methyl/N-ethyl adjacent to an activating group) is 1. The molecule has 0 amide bonds. The number of allylic oxidation sites excluding steroid dienone is 18. The zero-order valence-electron chi connectivity index (χ0n) is 61.4. The van der Waals surface area contributed by atoms with Crippen LogP contribution in [0, 0.1) is 0 Å². The van der Waals surface area contributed by atoms with Gasteiger partial charge in [0.05, 0.1) is 34.4 Å². The van der Waals surface area contributed by atoms with Crippen molar-refractivity contribution in [2.45, 2.75) is 360 Å². The molecule has 0 radical (unpaired) electrons. The quantitative estimate of drug-likeness (QED) is 0.0211. The van der Waals surface area contributed by atoms with E-state index in [1.54, 1.807) is 0 Å². The van der Waals surface area contributed by atoms with Gasteiger partial charge in [0.15, 0.2) is 6.10 Å². The summed E-state index contributed by atoms with van der Waals surface area (Å²) in [6.45, 7) is 4.79. The van der Waals surface area contributed by atoms with Gasteiger partial charge in [-0.2, -0.15) is 0 Å². The van der Waals surface area contributed by atoms with Crippen molar-refractivity contribution in [3.8, 4) is 0 Å². The number of quaternary nitrogens is 1. The van der Waals surface area contributed by atoms with Gasteiger partial charge in [-0.05, 0) is 103 Å². The predicted octanol–water partition coefficient (Wildman–Crippen LogP) is 24.9. The van der Waals surface area contributed by atoms with Crippen LogP contribution in [0.2, 0.25) is 0 Å². The number of hydrogen-bond donors (Lipinski definition) is 1. The summed E-state index contributed by atoms with van der Waals surface area (Å²) in [6.07, 6.45) is 101. The molecule has 0 heterocycles. The lowest BCUT2D eigenvalue weighted by atomic mass is 10.0. The maximum Gasteiger partial charge on any atom is 0.361 e. The number of rotatable bonds is 72. The van der Waals surface area contributed by atoms with Crippen molar-refractivity contribution in [2.24, 2.45) is 0 Å². The molecule has 9 nitrogen and oxygen atoms in total. The minimum absolute atomic E-state index is 0.182. The van der Waals surface area contributed by atoms with Crippen LogP contribution in [0.1, 0.15) is 348 Å². The largest absolute Gasteiger partial charge is 0.477 e. The van der Waals surface area contributed by atoms with E-state index in [1.807, 2.05) is 21.1 Å². The number of aliphatic carboxylic acids is 1. The van der Waals surface area contributed by atoms with E-state index in [-0.39, 0.29) is 32.2 Å². The van der Waals surface area contributed by atoms with Crippen LogP contribution in [0.4, 0.5) is 0 Å². The van der Waals surface area contributed by atoms with Crippen molar-refractivity contribution >= 4 is 17.9 Å². The molecule has 9 heteroatoms. The Morgan fingerprint density at radius 1 is 0.333 bits per heavy atom.